The summed E-state index contributed by atoms with van der Waals surface area (Å²) >= 11 is 0. The number of carbonyl (C=O) groups excluding carboxylic acids is 2. The molecule has 0 spiro atoms. The van der Waals surface area contributed by atoms with Gasteiger partial charge in [-0.05, 0) is 54.4 Å². The number of fused-ring (bicyclic) bond motifs is 1. The first kappa shape index (κ1) is 19.2. The molecule has 0 saturated carbocycles. The average Bonchev–Trinajstić information content (AvgIpc) is 2.70. The molecule has 0 fully saturated rings. The molecule has 0 aliphatic carbocycles. The maximum atomic E-state index is 12.1. The molecule has 2 N–H and O–H groups in total. The molecule has 6 heteroatoms. The van der Waals surface area contributed by atoms with E-state index in [2.05, 4.69) is 10.9 Å². The normalized spacial score (nSPS) is 11.5. The second kappa shape index (κ2) is 8.90. The summed E-state index contributed by atoms with van der Waals surface area (Å²) in [4.78, 5) is 24.0. The fraction of sp³-hybridized carbons (Fsp3) is 0.182. The van der Waals surface area contributed by atoms with Crippen LogP contribution in [0.3, 0.4) is 0 Å². The van der Waals surface area contributed by atoms with Gasteiger partial charge in [0.1, 0.15) is 11.5 Å². The van der Waals surface area contributed by atoms with Crippen LogP contribution in [0.4, 0.5) is 0 Å². The Hall–Kier alpha value is -3.54. The summed E-state index contributed by atoms with van der Waals surface area (Å²) in [5.41, 5.74) is 5.70. The molecular formula is C22H22N2O4. The van der Waals surface area contributed by atoms with E-state index in [-0.39, 0.29) is 6.61 Å². The van der Waals surface area contributed by atoms with Crippen molar-refractivity contribution in [1.82, 2.24) is 10.9 Å². The molecular weight excluding hydrogens is 356 g/mol. The summed E-state index contributed by atoms with van der Waals surface area (Å²) in [5.74, 6) is 0.245. The first-order chi connectivity index (χ1) is 13.5. The smallest absolute Gasteiger partial charge is 0.279 e. The lowest BCUT2D eigenvalue weighted by Crippen LogP contribution is -2.48. The number of hydrazine groups is 1. The van der Waals surface area contributed by atoms with E-state index < -0.39 is 17.9 Å². The van der Waals surface area contributed by atoms with Crippen LogP contribution in [0.5, 0.6) is 11.5 Å². The van der Waals surface area contributed by atoms with Crippen LogP contribution in [0.25, 0.3) is 10.8 Å². The molecule has 0 bridgehead atoms. The predicted octanol–water partition coefficient (Wildman–Crippen LogP) is 3.14. The molecule has 3 rings (SSSR count). The van der Waals surface area contributed by atoms with Crippen molar-refractivity contribution in [2.24, 2.45) is 0 Å². The van der Waals surface area contributed by atoms with Crippen molar-refractivity contribution >= 4 is 22.6 Å². The maximum absolute atomic E-state index is 12.1. The van der Waals surface area contributed by atoms with Gasteiger partial charge in [0, 0.05) is 0 Å². The third kappa shape index (κ3) is 5.23. The Kier molecular flexibility index (Phi) is 6.11. The van der Waals surface area contributed by atoms with Crippen LogP contribution < -0.4 is 20.3 Å². The maximum Gasteiger partial charge on any atom is 0.279 e. The van der Waals surface area contributed by atoms with Crippen LogP contribution in [-0.2, 0) is 9.59 Å². The van der Waals surface area contributed by atoms with E-state index in [9.17, 15) is 9.59 Å². The van der Waals surface area contributed by atoms with E-state index in [0.717, 1.165) is 16.3 Å². The predicted molar refractivity (Wildman–Crippen MR) is 107 cm³/mol. The zero-order valence-electron chi connectivity index (χ0n) is 15.8. The molecule has 0 aromatic heterocycles. The Bertz CT molecular complexity index is 987. The zero-order valence-corrected chi connectivity index (χ0v) is 15.8. The second-order valence-electron chi connectivity index (χ2n) is 6.41. The molecule has 3 aromatic carbocycles. The Morgan fingerprint density at radius 2 is 1.68 bits per heavy atom. The molecule has 1 atom stereocenters. The van der Waals surface area contributed by atoms with Crippen molar-refractivity contribution in [3.8, 4) is 11.5 Å². The lowest BCUT2D eigenvalue weighted by Gasteiger charge is -2.15. The van der Waals surface area contributed by atoms with Crippen molar-refractivity contribution in [2.45, 2.75) is 20.0 Å². The zero-order chi connectivity index (χ0) is 19.9. The van der Waals surface area contributed by atoms with Crippen LogP contribution in [0, 0.1) is 6.92 Å². The molecule has 2 amide bonds. The van der Waals surface area contributed by atoms with Crippen molar-refractivity contribution in [3.63, 3.8) is 0 Å². The molecule has 6 nitrogen and oxygen atoms in total. The highest BCUT2D eigenvalue weighted by Gasteiger charge is 2.15. The van der Waals surface area contributed by atoms with Gasteiger partial charge in [0.25, 0.3) is 11.8 Å². The minimum atomic E-state index is -0.779. The lowest BCUT2D eigenvalue weighted by molar-refractivity contribution is -0.133. The number of hydrogen-bond acceptors (Lipinski definition) is 4. The van der Waals surface area contributed by atoms with Gasteiger partial charge in [-0.1, -0.05) is 42.5 Å². The summed E-state index contributed by atoms with van der Waals surface area (Å²) in [7, 11) is 0. The van der Waals surface area contributed by atoms with Crippen molar-refractivity contribution in [1.29, 1.82) is 0 Å². The SMILES string of the molecule is Cc1cccc(OCC(=O)NNC(=O)[C@H](C)Oc2ccc3ccccc3c2)c1. The van der Waals surface area contributed by atoms with Crippen LogP contribution in [0.2, 0.25) is 0 Å². The number of aryl methyl sites for hydroxylation is 1. The Labute approximate surface area is 163 Å². The van der Waals surface area contributed by atoms with Gasteiger partial charge in [-0.3, -0.25) is 20.4 Å². The number of carbonyl (C=O) groups is 2. The average molecular weight is 378 g/mol. The minimum absolute atomic E-state index is 0.205. The summed E-state index contributed by atoms with van der Waals surface area (Å²) in [6.45, 7) is 3.34. The van der Waals surface area contributed by atoms with E-state index in [1.165, 1.54) is 0 Å². The van der Waals surface area contributed by atoms with Crippen molar-refractivity contribution < 1.29 is 19.1 Å². The highest BCUT2D eigenvalue weighted by Crippen LogP contribution is 2.21. The van der Waals surface area contributed by atoms with Crippen LogP contribution in [0.1, 0.15) is 12.5 Å². The number of rotatable bonds is 6. The van der Waals surface area contributed by atoms with E-state index >= 15 is 0 Å². The standard InChI is InChI=1S/C22H22N2O4/c1-15-6-5-9-19(12-15)27-14-21(25)23-24-22(26)16(2)28-20-11-10-17-7-3-4-8-18(17)13-20/h3-13,16H,14H2,1-2H3,(H,23,25)(H,24,26)/t16-/m0/s1. The van der Waals surface area contributed by atoms with Gasteiger partial charge in [-0.25, -0.2) is 0 Å². The molecule has 144 valence electrons. The quantitative estimate of drug-likeness (QED) is 0.646. The van der Waals surface area contributed by atoms with E-state index in [0.29, 0.717) is 11.5 Å². The van der Waals surface area contributed by atoms with Gasteiger partial charge in [-0.15, -0.1) is 0 Å². The molecule has 0 aliphatic rings. The molecule has 28 heavy (non-hydrogen) atoms. The minimum Gasteiger partial charge on any atom is -0.484 e. The molecule has 0 radical (unpaired) electrons. The number of nitrogens with one attached hydrogen (secondary N) is 2. The van der Waals surface area contributed by atoms with Crippen LogP contribution >= 0.6 is 0 Å². The Morgan fingerprint density at radius 3 is 2.46 bits per heavy atom. The molecule has 0 heterocycles. The van der Waals surface area contributed by atoms with Gasteiger partial charge in [0.15, 0.2) is 12.7 Å². The molecule has 0 saturated heterocycles. The van der Waals surface area contributed by atoms with Gasteiger partial charge in [0.05, 0.1) is 0 Å². The number of benzene rings is 3. The summed E-state index contributed by atoms with van der Waals surface area (Å²) in [5, 5.41) is 2.11. The van der Waals surface area contributed by atoms with E-state index in [4.69, 9.17) is 9.47 Å². The number of hydrogen-bond donors (Lipinski definition) is 2. The van der Waals surface area contributed by atoms with Gasteiger partial charge < -0.3 is 9.47 Å². The third-order valence-corrected chi connectivity index (χ3v) is 4.09. The highest BCUT2D eigenvalue weighted by atomic mass is 16.5. The Balaban J connectivity index is 1.46. The molecule has 3 aromatic rings. The first-order valence-corrected chi connectivity index (χ1v) is 8.95. The van der Waals surface area contributed by atoms with Gasteiger partial charge >= 0.3 is 0 Å². The van der Waals surface area contributed by atoms with Gasteiger partial charge in [0.2, 0.25) is 0 Å². The van der Waals surface area contributed by atoms with Crippen molar-refractivity contribution in [3.05, 3.63) is 72.3 Å². The fourth-order valence-electron chi connectivity index (χ4n) is 2.62. The third-order valence-electron chi connectivity index (χ3n) is 4.09. The first-order valence-electron chi connectivity index (χ1n) is 8.95. The van der Waals surface area contributed by atoms with E-state index in [1.54, 1.807) is 19.1 Å². The topological polar surface area (TPSA) is 76.7 Å². The fourth-order valence-corrected chi connectivity index (χ4v) is 2.62. The Morgan fingerprint density at radius 1 is 0.893 bits per heavy atom. The monoisotopic (exact) mass is 378 g/mol. The largest absolute Gasteiger partial charge is 0.484 e. The molecule has 0 aliphatic heterocycles. The van der Waals surface area contributed by atoms with Gasteiger partial charge in [-0.2, -0.15) is 0 Å². The van der Waals surface area contributed by atoms with Crippen LogP contribution in [-0.4, -0.2) is 24.5 Å². The summed E-state index contributed by atoms with van der Waals surface area (Å²) in [6, 6.07) is 20.9. The van der Waals surface area contributed by atoms with Crippen LogP contribution in [0.15, 0.2) is 66.7 Å². The highest BCUT2D eigenvalue weighted by molar-refractivity contribution is 5.86. The summed E-state index contributed by atoms with van der Waals surface area (Å²) in [6.07, 6.45) is -0.779. The van der Waals surface area contributed by atoms with Crippen molar-refractivity contribution in [2.75, 3.05) is 6.61 Å². The van der Waals surface area contributed by atoms with E-state index in [1.807, 2.05) is 61.5 Å². The lowest BCUT2D eigenvalue weighted by atomic mass is 10.1. The number of amides is 2. The molecule has 0 unspecified atom stereocenters. The number of ether oxygens (including phenoxy) is 2. The summed E-state index contributed by atoms with van der Waals surface area (Å²) < 4.78 is 11.0. The second-order valence-corrected chi connectivity index (χ2v) is 6.41.